The van der Waals surface area contributed by atoms with E-state index in [4.69, 9.17) is 27.9 Å². The maximum Gasteiger partial charge on any atom is 0.261 e. The molecule has 1 aliphatic rings. The molecule has 1 aliphatic heterocycles. The maximum absolute atomic E-state index is 12.2. The van der Waals surface area contributed by atoms with Gasteiger partial charge in [0.25, 0.3) is 5.91 Å². The van der Waals surface area contributed by atoms with Crippen molar-refractivity contribution in [1.29, 1.82) is 0 Å². The highest BCUT2D eigenvalue weighted by Crippen LogP contribution is 2.26. The molecule has 124 valence electrons. The van der Waals surface area contributed by atoms with Crippen molar-refractivity contribution in [3.63, 3.8) is 0 Å². The molecule has 1 amide bonds. The fourth-order valence-corrected chi connectivity index (χ4v) is 2.62. The quantitative estimate of drug-likeness (QED) is 0.858. The minimum Gasteiger partial charge on any atom is -0.481 e. The van der Waals surface area contributed by atoms with Gasteiger partial charge in [0.1, 0.15) is 5.75 Å². The van der Waals surface area contributed by atoms with Gasteiger partial charge in [-0.1, -0.05) is 30.1 Å². The van der Waals surface area contributed by atoms with Crippen molar-refractivity contribution in [2.45, 2.75) is 32.4 Å². The van der Waals surface area contributed by atoms with Gasteiger partial charge in [0, 0.05) is 12.1 Å². The van der Waals surface area contributed by atoms with E-state index in [1.807, 2.05) is 0 Å². The van der Waals surface area contributed by atoms with Gasteiger partial charge in [-0.2, -0.15) is 0 Å². The van der Waals surface area contributed by atoms with Crippen LogP contribution in [0.2, 0.25) is 10.0 Å². The Labute approximate surface area is 147 Å². The molecule has 0 bridgehead atoms. The first-order valence-electron chi connectivity index (χ1n) is 7.10. The lowest BCUT2D eigenvalue weighted by Crippen LogP contribution is -2.51. The van der Waals surface area contributed by atoms with E-state index in [0.29, 0.717) is 21.7 Å². The number of carbonyl (C=O) groups is 1. The smallest absolute Gasteiger partial charge is 0.261 e. The summed E-state index contributed by atoms with van der Waals surface area (Å²) in [6.07, 6.45) is 0.358. The van der Waals surface area contributed by atoms with Gasteiger partial charge in [0.05, 0.1) is 10.0 Å². The third kappa shape index (κ3) is 5.20. The van der Waals surface area contributed by atoms with Gasteiger partial charge in [-0.15, -0.1) is 12.4 Å². The van der Waals surface area contributed by atoms with E-state index in [0.717, 1.165) is 19.5 Å². The number of rotatable bonds is 4. The largest absolute Gasteiger partial charge is 0.481 e. The van der Waals surface area contributed by atoms with Crippen molar-refractivity contribution in [2.24, 2.45) is 5.92 Å². The summed E-state index contributed by atoms with van der Waals surface area (Å²) < 4.78 is 5.62. The number of amides is 1. The molecule has 1 aromatic rings. The molecule has 0 spiro atoms. The van der Waals surface area contributed by atoms with E-state index in [1.165, 1.54) is 0 Å². The van der Waals surface area contributed by atoms with Gasteiger partial charge in [0.2, 0.25) is 0 Å². The molecule has 4 nitrogen and oxygen atoms in total. The molecule has 0 saturated carbocycles. The first-order chi connectivity index (χ1) is 9.97. The highest BCUT2D eigenvalue weighted by atomic mass is 35.5. The second-order valence-electron chi connectivity index (χ2n) is 5.42. The number of ether oxygens (including phenoxy) is 1. The molecule has 0 aromatic heterocycles. The summed E-state index contributed by atoms with van der Waals surface area (Å²) in [4.78, 5) is 12.2. The minimum atomic E-state index is -0.579. The Morgan fingerprint density at radius 3 is 2.77 bits per heavy atom. The number of nitrogens with one attached hydrogen (secondary N) is 2. The summed E-state index contributed by atoms with van der Waals surface area (Å²) in [6.45, 7) is 5.70. The molecular weight excluding hydrogens is 347 g/mol. The summed E-state index contributed by atoms with van der Waals surface area (Å²) in [7, 11) is 0. The Morgan fingerprint density at radius 1 is 1.41 bits per heavy atom. The Balaban J connectivity index is 0.00000242. The van der Waals surface area contributed by atoms with Gasteiger partial charge in [-0.05, 0) is 44.5 Å². The van der Waals surface area contributed by atoms with E-state index in [2.05, 4.69) is 17.6 Å². The Hall–Kier alpha value is -0.680. The Morgan fingerprint density at radius 2 is 2.14 bits per heavy atom. The number of hydrogen-bond donors (Lipinski definition) is 2. The van der Waals surface area contributed by atoms with Gasteiger partial charge < -0.3 is 15.4 Å². The predicted octanol–water partition coefficient (Wildman–Crippen LogP) is 3.30. The van der Waals surface area contributed by atoms with Crippen LogP contribution in [0.3, 0.4) is 0 Å². The van der Waals surface area contributed by atoms with E-state index in [1.54, 1.807) is 25.1 Å². The van der Waals surface area contributed by atoms with Crippen molar-refractivity contribution < 1.29 is 9.53 Å². The lowest BCUT2D eigenvalue weighted by molar-refractivity contribution is -0.128. The number of carbonyl (C=O) groups excluding carboxylic acids is 1. The molecule has 0 aliphatic carbocycles. The molecule has 3 atom stereocenters. The van der Waals surface area contributed by atoms with E-state index in [9.17, 15) is 4.79 Å². The van der Waals surface area contributed by atoms with Crippen LogP contribution in [0.4, 0.5) is 0 Å². The van der Waals surface area contributed by atoms with Gasteiger partial charge >= 0.3 is 0 Å². The number of benzene rings is 1. The van der Waals surface area contributed by atoms with Crippen LogP contribution in [0.15, 0.2) is 18.2 Å². The summed E-state index contributed by atoms with van der Waals surface area (Å²) in [5.74, 6) is 0.838. The topological polar surface area (TPSA) is 50.4 Å². The van der Waals surface area contributed by atoms with Crippen LogP contribution in [0.5, 0.6) is 5.75 Å². The molecular formula is C15H21Cl3N2O2. The molecule has 3 unspecified atom stereocenters. The monoisotopic (exact) mass is 366 g/mol. The third-order valence-electron chi connectivity index (χ3n) is 3.69. The highest BCUT2D eigenvalue weighted by Gasteiger charge is 2.25. The van der Waals surface area contributed by atoms with E-state index >= 15 is 0 Å². The molecule has 1 aromatic carbocycles. The van der Waals surface area contributed by atoms with Crippen molar-refractivity contribution in [3.8, 4) is 5.75 Å². The molecule has 1 saturated heterocycles. The second-order valence-corrected chi connectivity index (χ2v) is 6.24. The minimum absolute atomic E-state index is 0. The number of hydrogen-bond acceptors (Lipinski definition) is 3. The molecule has 7 heteroatoms. The van der Waals surface area contributed by atoms with Gasteiger partial charge in [-0.25, -0.2) is 0 Å². The molecule has 2 N–H and O–H groups in total. The van der Waals surface area contributed by atoms with E-state index in [-0.39, 0.29) is 24.4 Å². The van der Waals surface area contributed by atoms with E-state index < -0.39 is 6.10 Å². The first kappa shape index (κ1) is 19.4. The average molecular weight is 368 g/mol. The molecule has 2 rings (SSSR count). The molecule has 22 heavy (non-hydrogen) atoms. The van der Waals surface area contributed by atoms with Gasteiger partial charge in [-0.3, -0.25) is 4.79 Å². The summed E-state index contributed by atoms with van der Waals surface area (Å²) in [6, 6.07) is 5.16. The lowest BCUT2D eigenvalue weighted by atomic mass is 9.95. The number of piperidine rings is 1. The summed E-state index contributed by atoms with van der Waals surface area (Å²) in [5, 5.41) is 7.23. The van der Waals surface area contributed by atoms with Crippen LogP contribution in [0.25, 0.3) is 0 Å². The van der Waals surface area contributed by atoms with Crippen molar-refractivity contribution in [3.05, 3.63) is 28.2 Å². The number of halogens is 3. The molecule has 1 heterocycles. The third-order valence-corrected chi connectivity index (χ3v) is 4.43. The zero-order valence-electron chi connectivity index (χ0n) is 12.6. The predicted molar refractivity (Wildman–Crippen MR) is 92.4 cm³/mol. The zero-order chi connectivity index (χ0) is 15.4. The first-order valence-corrected chi connectivity index (χ1v) is 7.85. The molecule has 1 fully saturated rings. The SMILES string of the molecule is CC(Oc1ccc(Cl)c(Cl)c1)C(=O)NC1CCNCC1C.Cl. The lowest BCUT2D eigenvalue weighted by Gasteiger charge is -2.31. The van der Waals surface area contributed by atoms with Crippen LogP contribution < -0.4 is 15.4 Å². The average Bonchev–Trinajstić information content (AvgIpc) is 2.45. The fraction of sp³-hybridized carbons (Fsp3) is 0.533. The Kier molecular flexibility index (Phi) is 7.77. The normalized spacial score (nSPS) is 22.4. The standard InChI is InChI=1S/C15H20Cl2N2O2.ClH/c1-9-8-18-6-5-14(9)19-15(20)10(2)21-11-3-4-12(16)13(17)7-11;/h3-4,7,9-10,14,18H,5-6,8H2,1-2H3,(H,19,20);1H. The van der Waals surface area contributed by atoms with Crippen LogP contribution in [-0.4, -0.2) is 31.1 Å². The van der Waals surface area contributed by atoms with Crippen molar-refractivity contribution in [2.75, 3.05) is 13.1 Å². The van der Waals surface area contributed by atoms with Crippen molar-refractivity contribution in [1.82, 2.24) is 10.6 Å². The Bertz CT molecular complexity index is 514. The highest BCUT2D eigenvalue weighted by molar-refractivity contribution is 6.42. The van der Waals surface area contributed by atoms with Crippen LogP contribution in [0.1, 0.15) is 20.3 Å². The van der Waals surface area contributed by atoms with Crippen molar-refractivity contribution >= 4 is 41.5 Å². The van der Waals surface area contributed by atoms with Crippen LogP contribution in [0, 0.1) is 5.92 Å². The molecule has 0 radical (unpaired) electrons. The fourth-order valence-electron chi connectivity index (χ4n) is 2.34. The maximum atomic E-state index is 12.2. The summed E-state index contributed by atoms with van der Waals surface area (Å²) >= 11 is 11.8. The zero-order valence-corrected chi connectivity index (χ0v) is 14.9. The van der Waals surface area contributed by atoms with Gasteiger partial charge in [0.15, 0.2) is 6.10 Å². The van der Waals surface area contributed by atoms with Crippen LogP contribution >= 0.6 is 35.6 Å². The second kappa shape index (κ2) is 8.82. The van der Waals surface area contributed by atoms with Crippen LogP contribution in [-0.2, 0) is 4.79 Å². The summed E-state index contributed by atoms with van der Waals surface area (Å²) in [5.41, 5.74) is 0.